The molecule has 0 saturated carbocycles. The van der Waals surface area contributed by atoms with Crippen molar-refractivity contribution in [3.05, 3.63) is 28.8 Å². The van der Waals surface area contributed by atoms with Crippen LogP contribution < -0.4 is 10.6 Å². The quantitative estimate of drug-likeness (QED) is 0.773. The van der Waals surface area contributed by atoms with E-state index in [2.05, 4.69) is 10.6 Å². The molecule has 0 aliphatic carbocycles. The second kappa shape index (κ2) is 7.25. The molecule has 0 saturated heterocycles. The van der Waals surface area contributed by atoms with Gasteiger partial charge in [-0.15, -0.1) is 0 Å². The first kappa shape index (κ1) is 16.5. The lowest BCUT2D eigenvalue weighted by Gasteiger charge is -2.12. The number of urea groups is 1. The van der Waals surface area contributed by atoms with E-state index >= 15 is 0 Å². The third-order valence-electron chi connectivity index (χ3n) is 2.58. The molecular formula is C12H15ClN2O4S. The summed E-state index contributed by atoms with van der Waals surface area (Å²) in [6, 6.07) is 3.51. The van der Waals surface area contributed by atoms with Crippen molar-refractivity contribution in [1.82, 2.24) is 5.32 Å². The molecule has 0 heterocycles. The average molecular weight is 319 g/mol. The van der Waals surface area contributed by atoms with Crippen LogP contribution >= 0.6 is 11.6 Å². The topological polar surface area (TPSA) is 95.5 Å². The Balaban J connectivity index is 2.62. The van der Waals surface area contributed by atoms with Crippen molar-refractivity contribution in [2.24, 2.45) is 0 Å². The molecule has 0 fully saturated rings. The van der Waals surface area contributed by atoms with E-state index in [0.29, 0.717) is 5.69 Å². The van der Waals surface area contributed by atoms with Gasteiger partial charge in [0, 0.05) is 28.9 Å². The van der Waals surface area contributed by atoms with Crippen molar-refractivity contribution < 1.29 is 18.9 Å². The summed E-state index contributed by atoms with van der Waals surface area (Å²) in [6.07, 6.45) is 1.56. The van der Waals surface area contributed by atoms with E-state index in [1.165, 1.54) is 18.2 Å². The summed E-state index contributed by atoms with van der Waals surface area (Å²) < 4.78 is 11.1. The molecule has 2 unspecified atom stereocenters. The first-order valence-electron chi connectivity index (χ1n) is 5.71. The number of hydrogen-bond donors (Lipinski definition) is 3. The number of halogens is 1. The molecule has 0 radical (unpaired) electrons. The zero-order chi connectivity index (χ0) is 15.3. The SMILES string of the molecule is CC(CNC(=O)Nc1ccc(C(=O)O)cc1Cl)S(C)=O. The lowest BCUT2D eigenvalue weighted by Crippen LogP contribution is -2.35. The van der Waals surface area contributed by atoms with E-state index in [9.17, 15) is 13.8 Å². The lowest BCUT2D eigenvalue weighted by atomic mass is 10.2. The van der Waals surface area contributed by atoms with E-state index in [1.54, 1.807) is 13.2 Å². The number of benzene rings is 1. The Morgan fingerprint density at radius 1 is 1.45 bits per heavy atom. The number of rotatable bonds is 5. The molecule has 1 aromatic carbocycles. The third-order valence-corrected chi connectivity index (χ3v) is 4.19. The second-order valence-corrected chi connectivity index (χ2v) is 6.35. The Labute approximate surface area is 124 Å². The van der Waals surface area contributed by atoms with Gasteiger partial charge in [-0.3, -0.25) is 4.21 Å². The molecule has 2 amide bonds. The zero-order valence-electron chi connectivity index (χ0n) is 11.0. The molecule has 6 nitrogen and oxygen atoms in total. The Kier molecular flexibility index (Phi) is 5.97. The Morgan fingerprint density at radius 2 is 2.10 bits per heavy atom. The highest BCUT2D eigenvalue weighted by Gasteiger charge is 2.11. The van der Waals surface area contributed by atoms with Gasteiger partial charge in [-0.25, -0.2) is 9.59 Å². The molecule has 0 spiro atoms. The van der Waals surface area contributed by atoms with Gasteiger partial charge in [-0.2, -0.15) is 0 Å². The zero-order valence-corrected chi connectivity index (χ0v) is 12.5. The van der Waals surface area contributed by atoms with Crippen LogP contribution in [0.15, 0.2) is 18.2 Å². The number of amides is 2. The maximum atomic E-state index is 11.6. The van der Waals surface area contributed by atoms with E-state index < -0.39 is 22.8 Å². The summed E-state index contributed by atoms with van der Waals surface area (Å²) in [7, 11) is -1.02. The van der Waals surface area contributed by atoms with Gasteiger partial charge in [0.1, 0.15) is 0 Å². The predicted molar refractivity (Wildman–Crippen MR) is 79.0 cm³/mol. The van der Waals surface area contributed by atoms with Crippen LogP contribution in [0.1, 0.15) is 17.3 Å². The summed E-state index contributed by atoms with van der Waals surface area (Å²) in [5.74, 6) is -1.10. The van der Waals surface area contributed by atoms with Crippen molar-refractivity contribution in [2.45, 2.75) is 12.2 Å². The van der Waals surface area contributed by atoms with Crippen molar-refractivity contribution in [3.63, 3.8) is 0 Å². The number of anilines is 1. The maximum absolute atomic E-state index is 11.6. The molecule has 1 rings (SSSR count). The first-order chi connectivity index (χ1) is 9.31. The van der Waals surface area contributed by atoms with Crippen molar-refractivity contribution in [3.8, 4) is 0 Å². The minimum absolute atomic E-state index is 0.0379. The van der Waals surface area contributed by atoms with Gasteiger partial charge in [-0.05, 0) is 25.1 Å². The number of carbonyl (C=O) groups is 2. The molecule has 2 atom stereocenters. The molecule has 0 aliphatic heterocycles. The minimum atomic E-state index is -1.10. The molecule has 0 aromatic heterocycles. The van der Waals surface area contributed by atoms with Crippen LogP contribution in [-0.2, 0) is 10.8 Å². The summed E-state index contributed by atoms with van der Waals surface area (Å²) in [5, 5.41) is 13.8. The summed E-state index contributed by atoms with van der Waals surface area (Å²) in [4.78, 5) is 22.4. The Hall–Kier alpha value is -1.60. The standard InChI is InChI=1S/C12H15ClN2O4S/c1-7(20(2)19)6-14-12(18)15-10-4-3-8(11(16)17)5-9(10)13/h3-5,7H,6H2,1-2H3,(H,16,17)(H2,14,15,18). The van der Waals surface area contributed by atoms with Crippen LogP contribution in [0.4, 0.5) is 10.5 Å². The first-order valence-corrected chi connectivity index (χ1v) is 7.71. The van der Waals surface area contributed by atoms with E-state index in [0.717, 1.165) is 0 Å². The third kappa shape index (κ3) is 4.82. The molecule has 20 heavy (non-hydrogen) atoms. The highest BCUT2D eigenvalue weighted by molar-refractivity contribution is 7.84. The van der Waals surface area contributed by atoms with Crippen LogP contribution in [-0.4, -0.2) is 39.4 Å². The molecule has 0 aliphatic rings. The number of carboxylic acids is 1. The van der Waals surface area contributed by atoms with Crippen molar-refractivity contribution >= 4 is 40.1 Å². The summed E-state index contributed by atoms with van der Waals surface area (Å²) in [6.45, 7) is 2.02. The van der Waals surface area contributed by atoms with E-state index in [1.807, 2.05) is 0 Å². The fourth-order valence-electron chi connectivity index (χ4n) is 1.27. The molecule has 3 N–H and O–H groups in total. The van der Waals surface area contributed by atoms with Gasteiger partial charge in [0.2, 0.25) is 0 Å². The van der Waals surface area contributed by atoms with E-state index in [-0.39, 0.29) is 22.4 Å². The van der Waals surface area contributed by atoms with Gasteiger partial charge >= 0.3 is 12.0 Å². The number of aromatic carboxylic acids is 1. The van der Waals surface area contributed by atoms with Crippen LogP contribution in [0.5, 0.6) is 0 Å². The number of carboxylic acid groups (broad SMARTS) is 1. The van der Waals surface area contributed by atoms with Gasteiger partial charge in [0.05, 0.1) is 16.3 Å². The van der Waals surface area contributed by atoms with Crippen LogP contribution in [0, 0.1) is 0 Å². The molecule has 1 aromatic rings. The fourth-order valence-corrected chi connectivity index (χ4v) is 1.82. The number of hydrogen-bond acceptors (Lipinski definition) is 3. The van der Waals surface area contributed by atoms with Gasteiger partial charge in [0.25, 0.3) is 0 Å². The normalized spacial score (nSPS) is 13.3. The average Bonchev–Trinajstić information content (AvgIpc) is 2.37. The summed E-state index contributed by atoms with van der Waals surface area (Å²) >= 11 is 5.88. The highest BCUT2D eigenvalue weighted by atomic mass is 35.5. The van der Waals surface area contributed by atoms with Crippen molar-refractivity contribution in [2.75, 3.05) is 18.1 Å². The number of nitrogens with one attached hydrogen (secondary N) is 2. The molecule has 0 bridgehead atoms. The Bertz CT molecular complexity index is 550. The monoisotopic (exact) mass is 318 g/mol. The van der Waals surface area contributed by atoms with Crippen molar-refractivity contribution in [1.29, 1.82) is 0 Å². The smallest absolute Gasteiger partial charge is 0.335 e. The lowest BCUT2D eigenvalue weighted by molar-refractivity contribution is 0.0697. The van der Waals surface area contributed by atoms with Gasteiger partial charge < -0.3 is 15.7 Å². The summed E-state index contributed by atoms with van der Waals surface area (Å²) in [5.41, 5.74) is 0.343. The van der Waals surface area contributed by atoms with Crippen LogP contribution in [0.25, 0.3) is 0 Å². The predicted octanol–water partition coefficient (Wildman–Crippen LogP) is 1.93. The van der Waals surface area contributed by atoms with E-state index in [4.69, 9.17) is 16.7 Å². The maximum Gasteiger partial charge on any atom is 0.335 e. The number of carbonyl (C=O) groups excluding carboxylic acids is 1. The molecule has 8 heteroatoms. The largest absolute Gasteiger partial charge is 0.478 e. The fraction of sp³-hybridized carbons (Fsp3) is 0.333. The molecule has 110 valence electrons. The Morgan fingerprint density at radius 3 is 2.60 bits per heavy atom. The second-order valence-electron chi connectivity index (χ2n) is 4.14. The molecular weight excluding hydrogens is 304 g/mol. The van der Waals surface area contributed by atoms with Gasteiger partial charge in [0.15, 0.2) is 0 Å². The van der Waals surface area contributed by atoms with Crippen LogP contribution in [0.3, 0.4) is 0 Å². The highest BCUT2D eigenvalue weighted by Crippen LogP contribution is 2.22. The minimum Gasteiger partial charge on any atom is -0.478 e. The van der Waals surface area contributed by atoms with Gasteiger partial charge in [-0.1, -0.05) is 11.6 Å². The van der Waals surface area contributed by atoms with Crippen LogP contribution in [0.2, 0.25) is 5.02 Å².